The molecule has 1 aromatic rings. The summed E-state index contributed by atoms with van der Waals surface area (Å²) in [5, 5.41) is 8.99. The van der Waals surface area contributed by atoms with Crippen molar-refractivity contribution < 1.29 is 23.1 Å². The molecular weight excluding hydrogens is 281 g/mol. The van der Waals surface area contributed by atoms with E-state index in [2.05, 4.69) is 0 Å². The van der Waals surface area contributed by atoms with Crippen LogP contribution in [-0.4, -0.2) is 17.3 Å². The number of alkyl halides is 3. The second kappa shape index (κ2) is 6.96. The molecule has 5 heteroatoms. The van der Waals surface area contributed by atoms with E-state index in [1.54, 1.807) is 0 Å². The van der Waals surface area contributed by atoms with Crippen molar-refractivity contribution in [3.8, 4) is 0 Å². The lowest BCUT2D eigenvalue weighted by Gasteiger charge is -2.28. The van der Waals surface area contributed by atoms with Gasteiger partial charge in [0.2, 0.25) is 0 Å². The molecule has 0 radical (unpaired) electrons. The van der Waals surface area contributed by atoms with Crippen LogP contribution < -0.4 is 0 Å². The summed E-state index contributed by atoms with van der Waals surface area (Å²) in [6.45, 7) is 3.64. The number of aliphatic carboxylic acids is 1. The maximum atomic E-state index is 12.4. The van der Waals surface area contributed by atoms with E-state index in [0.29, 0.717) is 6.42 Å². The van der Waals surface area contributed by atoms with E-state index >= 15 is 0 Å². The highest BCUT2D eigenvalue weighted by molar-refractivity contribution is 5.70. The van der Waals surface area contributed by atoms with E-state index in [4.69, 9.17) is 5.11 Å². The number of hydrogen-bond donors (Lipinski definition) is 1. The first-order valence-corrected chi connectivity index (χ1v) is 6.92. The molecule has 118 valence electrons. The average molecular weight is 302 g/mol. The lowest BCUT2D eigenvalue weighted by atomic mass is 9.77. The van der Waals surface area contributed by atoms with Crippen molar-refractivity contribution in [2.24, 2.45) is 11.3 Å². The lowest BCUT2D eigenvalue weighted by molar-refractivity contribution is -0.165. The zero-order chi connectivity index (χ0) is 16.1. The molecule has 0 saturated heterocycles. The zero-order valence-electron chi connectivity index (χ0n) is 12.3. The Morgan fingerprint density at radius 3 is 2.19 bits per heavy atom. The monoisotopic (exact) mass is 302 g/mol. The third-order valence-electron chi connectivity index (χ3n) is 3.56. The molecule has 1 rings (SSSR count). The third-order valence-corrected chi connectivity index (χ3v) is 3.56. The van der Waals surface area contributed by atoms with Gasteiger partial charge in [-0.2, -0.15) is 13.2 Å². The third kappa shape index (κ3) is 7.16. The minimum atomic E-state index is -4.45. The second-order valence-electron chi connectivity index (χ2n) is 6.21. The summed E-state index contributed by atoms with van der Waals surface area (Å²) >= 11 is 0. The zero-order valence-corrected chi connectivity index (χ0v) is 12.3. The first-order valence-electron chi connectivity index (χ1n) is 6.92. The Kier molecular flexibility index (Phi) is 5.81. The van der Waals surface area contributed by atoms with Gasteiger partial charge in [0.05, 0.1) is 12.3 Å². The van der Waals surface area contributed by atoms with E-state index in [1.807, 2.05) is 44.2 Å². The average Bonchev–Trinajstić information content (AvgIpc) is 2.35. The molecule has 0 spiro atoms. The molecule has 21 heavy (non-hydrogen) atoms. The number of hydrogen-bond acceptors (Lipinski definition) is 1. The molecule has 2 nitrogen and oxygen atoms in total. The van der Waals surface area contributed by atoms with Crippen LogP contribution in [0.5, 0.6) is 0 Å². The van der Waals surface area contributed by atoms with Crippen molar-refractivity contribution in [2.45, 2.75) is 45.7 Å². The van der Waals surface area contributed by atoms with Crippen LogP contribution in [0, 0.1) is 11.3 Å². The predicted molar refractivity (Wildman–Crippen MR) is 75.0 cm³/mol. The maximum Gasteiger partial charge on any atom is 0.389 e. The van der Waals surface area contributed by atoms with Crippen LogP contribution in [0.1, 0.15) is 38.7 Å². The quantitative estimate of drug-likeness (QED) is 0.793. The Balaban J connectivity index is 2.61. The van der Waals surface area contributed by atoms with Crippen LogP contribution in [0.2, 0.25) is 0 Å². The van der Waals surface area contributed by atoms with E-state index < -0.39 is 29.9 Å². The Hall–Kier alpha value is -1.52. The van der Waals surface area contributed by atoms with Crippen LogP contribution in [0.3, 0.4) is 0 Å². The minimum Gasteiger partial charge on any atom is -0.481 e. The highest BCUT2D eigenvalue weighted by Crippen LogP contribution is 2.36. The lowest BCUT2D eigenvalue weighted by Crippen LogP contribution is -2.28. The molecule has 0 saturated carbocycles. The van der Waals surface area contributed by atoms with E-state index in [1.165, 1.54) is 0 Å². The highest BCUT2D eigenvalue weighted by Gasteiger charge is 2.38. The van der Waals surface area contributed by atoms with Crippen molar-refractivity contribution >= 4 is 5.97 Å². The number of carboxylic acids is 1. The van der Waals surface area contributed by atoms with Crippen molar-refractivity contribution in [1.29, 1.82) is 0 Å². The molecule has 0 amide bonds. The molecule has 0 aromatic heterocycles. The number of halogens is 3. The van der Waals surface area contributed by atoms with E-state index in [0.717, 1.165) is 12.0 Å². The second-order valence-corrected chi connectivity index (χ2v) is 6.21. The first kappa shape index (κ1) is 17.5. The van der Waals surface area contributed by atoms with Gasteiger partial charge in [0.25, 0.3) is 0 Å². The summed E-state index contributed by atoms with van der Waals surface area (Å²) in [5.74, 6) is -2.75. The number of aryl methyl sites for hydroxylation is 1. The van der Waals surface area contributed by atoms with E-state index in [-0.39, 0.29) is 6.42 Å². The molecule has 0 heterocycles. The van der Waals surface area contributed by atoms with Crippen molar-refractivity contribution in [3.63, 3.8) is 0 Å². The summed E-state index contributed by atoms with van der Waals surface area (Å²) in [6.07, 6.45) is -4.31. The molecule has 1 atom stereocenters. The summed E-state index contributed by atoms with van der Waals surface area (Å²) < 4.78 is 37.3. The molecule has 1 N–H and O–H groups in total. The fourth-order valence-corrected chi connectivity index (χ4v) is 2.42. The van der Waals surface area contributed by atoms with Gasteiger partial charge in [-0.1, -0.05) is 44.2 Å². The van der Waals surface area contributed by atoms with Gasteiger partial charge in [0, 0.05) is 0 Å². The summed E-state index contributed by atoms with van der Waals surface area (Å²) in [7, 11) is 0. The van der Waals surface area contributed by atoms with Gasteiger partial charge >= 0.3 is 12.1 Å². The Labute approximate surface area is 123 Å². The van der Waals surface area contributed by atoms with Gasteiger partial charge in [0.1, 0.15) is 0 Å². The highest BCUT2D eigenvalue weighted by atomic mass is 19.4. The van der Waals surface area contributed by atoms with Crippen LogP contribution in [-0.2, 0) is 11.2 Å². The van der Waals surface area contributed by atoms with Crippen LogP contribution >= 0.6 is 0 Å². The number of carbonyl (C=O) groups is 1. The molecular formula is C16H21F3O2. The molecule has 0 aliphatic rings. The maximum absolute atomic E-state index is 12.4. The fraction of sp³-hybridized carbons (Fsp3) is 0.562. The van der Waals surface area contributed by atoms with Gasteiger partial charge in [-0.3, -0.25) is 4.79 Å². The molecule has 1 unspecified atom stereocenters. The van der Waals surface area contributed by atoms with Gasteiger partial charge in [-0.05, 0) is 30.2 Å². The normalized spacial score (nSPS) is 14.0. The number of carboxylic acid groups (broad SMARTS) is 1. The summed E-state index contributed by atoms with van der Waals surface area (Å²) in [5.41, 5.74) is 0.651. The van der Waals surface area contributed by atoms with Crippen molar-refractivity contribution in [2.75, 3.05) is 0 Å². The standard InChI is InChI=1S/C16H21F3O2/c1-15(2,9-8-12-6-4-3-5-7-12)10-13(14(20)21)11-16(17,18)19/h3-7,13H,8-11H2,1-2H3,(H,20,21). The Morgan fingerprint density at radius 1 is 1.14 bits per heavy atom. The van der Waals surface area contributed by atoms with Crippen LogP contribution in [0.4, 0.5) is 13.2 Å². The molecule has 0 aliphatic heterocycles. The summed E-state index contributed by atoms with van der Waals surface area (Å²) in [6, 6.07) is 9.64. The van der Waals surface area contributed by atoms with E-state index in [9.17, 15) is 18.0 Å². The topological polar surface area (TPSA) is 37.3 Å². The fourth-order valence-electron chi connectivity index (χ4n) is 2.42. The van der Waals surface area contributed by atoms with Crippen molar-refractivity contribution in [1.82, 2.24) is 0 Å². The van der Waals surface area contributed by atoms with Crippen LogP contribution in [0.15, 0.2) is 30.3 Å². The molecule has 0 fully saturated rings. The SMILES string of the molecule is CC(C)(CCc1ccccc1)CC(CC(F)(F)F)C(=O)O. The molecule has 0 bridgehead atoms. The first-order chi connectivity index (χ1) is 9.59. The van der Waals surface area contributed by atoms with Crippen molar-refractivity contribution in [3.05, 3.63) is 35.9 Å². The smallest absolute Gasteiger partial charge is 0.389 e. The van der Waals surface area contributed by atoms with Crippen LogP contribution in [0.25, 0.3) is 0 Å². The molecule has 0 aliphatic carbocycles. The van der Waals surface area contributed by atoms with Gasteiger partial charge < -0.3 is 5.11 Å². The number of benzene rings is 1. The number of rotatable bonds is 7. The van der Waals surface area contributed by atoms with Gasteiger partial charge in [0.15, 0.2) is 0 Å². The summed E-state index contributed by atoms with van der Waals surface area (Å²) in [4.78, 5) is 11.0. The minimum absolute atomic E-state index is 0.0225. The van der Waals surface area contributed by atoms with Gasteiger partial charge in [-0.25, -0.2) is 0 Å². The Morgan fingerprint density at radius 2 is 1.71 bits per heavy atom. The predicted octanol–water partition coefficient (Wildman–Crippen LogP) is 4.69. The largest absolute Gasteiger partial charge is 0.481 e. The molecule has 1 aromatic carbocycles. The van der Waals surface area contributed by atoms with Gasteiger partial charge in [-0.15, -0.1) is 0 Å². The Bertz CT molecular complexity index is 452.